The molecule has 0 bridgehead atoms. The van der Waals surface area contributed by atoms with E-state index in [-0.39, 0.29) is 0 Å². The lowest BCUT2D eigenvalue weighted by Crippen LogP contribution is -3.16. The second kappa shape index (κ2) is 12.4. The van der Waals surface area contributed by atoms with E-state index in [0.717, 1.165) is 12.0 Å². The number of unbranched alkanes of at least 4 members (excludes halogenated alkanes) is 1. The summed E-state index contributed by atoms with van der Waals surface area (Å²) in [6, 6.07) is 0.914. The van der Waals surface area contributed by atoms with Crippen molar-refractivity contribution in [2.24, 2.45) is 5.92 Å². The van der Waals surface area contributed by atoms with Gasteiger partial charge in [-0.2, -0.15) is 0 Å². The van der Waals surface area contributed by atoms with Crippen LogP contribution in [0.1, 0.15) is 65.7 Å². The van der Waals surface area contributed by atoms with Gasteiger partial charge in [0.15, 0.2) is 0 Å². The molecule has 0 aromatic rings. The van der Waals surface area contributed by atoms with Crippen molar-refractivity contribution >= 4 is 6.15 Å². The number of piperidine rings is 1. The number of nitrogens with zero attached hydrogens (tertiary/aromatic N) is 4. The average Bonchev–Trinajstić information content (AvgIpc) is 2.62. The van der Waals surface area contributed by atoms with Gasteiger partial charge in [0.2, 0.25) is 0 Å². The lowest BCUT2D eigenvalue weighted by molar-refractivity contribution is -0.928. The summed E-state index contributed by atoms with van der Waals surface area (Å²) in [4.78, 5) is 1.88. The van der Waals surface area contributed by atoms with Crippen molar-refractivity contribution in [1.82, 2.24) is 0 Å². The lowest BCUT2D eigenvalue weighted by atomic mass is 9.30. The minimum Gasteiger partial charge on any atom is -0.333 e. The molecule has 0 amide bonds. The third-order valence-electron chi connectivity index (χ3n) is 4.64. The first-order valence-electron chi connectivity index (χ1n) is 9.09. The first-order chi connectivity index (χ1) is 11.4. The van der Waals surface area contributed by atoms with E-state index in [2.05, 4.69) is 20.8 Å². The molecular weight excluding hydrogens is 297 g/mol. The summed E-state index contributed by atoms with van der Waals surface area (Å²) in [5, 5.41) is 32.3. The highest BCUT2D eigenvalue weighted by Crippen LogP contribution is 2.09. The van der Waals surface area contributed by atoms with Crippen LogP contribution >= 0.6 is 0 Å². The highest BCUT2D eigenvalue weighted by molar-refractivity contribution is 7.05. The first kappa shape index (κ1) is 22.0. The van der Waals surface area contributed by atoms with Crippen LogP contribution in [0, 0.1) is 50.8 Å². The fourth-order valence-corrected chi connectivity index (χ4v) is 2.88. The zero-order valence-electron chi connectivity index (χ0n) is 15.4. The molecule has 1 fully saturated rings. The molecule has 0 spiro atoms. The summed E-state index contributed by atoms with van der Waals surface area (Å²) in [6.07, 6.45) is 7.43. The van der Waals surface area contributed by atoms with E-state index in [9.17, 15) is 0 Å². The van der Waals surface area contributed by atoms with Crippen LogP contribution in [-0.4, -0.2) is 25.3 Å². The van der Waals surface area contributed by atoms with Crippen LogP contribution in [0.3, 0.4) is 0 Å². The Labute approximate surface area is 147 Å². The van der Waals surface area contributed by atoms with Gasteiger partial charge in [-0.15, -0.1) is 23.9 Å². The van der Waals surface area contributed by atoms with Gasteiger partial charge in [-0.25, -0.2) is 21.0 Å². The van der Waals surface area contributed by atoms with Crippen molar-refractivity contribution in [3.05, 3.63) is 0 Å². The van der Waals surface area contributed by atoms with E-state index in [4.69, 9.17) is 21.0 Å². The Morgan fingerprint density at radius 2 is 1.25 bits per heavy atom. The molecule has 0 radical (unpaired) electrons. The Bertz CT molecular complexity index is 450. The monoisotopic (exact) mass is 327 g/mol. The lowest BCUT2D eigenvalue weighted by Gasteiger charge is -2.29. The second-order valence-corrected chi connectivity index (χ2v) is 7.18. The number of quaternary nitrogens is 1. The molecule has 1 heterocycles. The minimum atomic E-state index is -2.72. The number of likely N-dealkylation sites (tertiary alicyclic amines) is 1. The molecular formula is C18H30BN5. The van der Waals surface area contributed by atoms with E-state index < -0.39 is 6.15 Å². The molecule has 0 saturated carbocycles. The van der Waals surface area contributed by atoms with Crippen molar-refractivity contribution in [2.45, 2.75) is 71.8 Å². The SMILES string of the molecule is CC(C)CCCCC(C)[NH+]1CCCCC1.N#C[B-](C#N)(C#N)C#N. The Hall–Kier alpha value is -2.02. The molecule has 0 aromatic carbocycles. The summed E-state index contributed by atoms with van der Waals surface area (Å²) in [6.45, 7) is 9.99. The number of hydrogen-bond donors (Lipinski definition) is 1. The van der Waals surface area contributed by atoms with Gasteiger partial charge < -0.3 is 4.90 Å². The van der Waals surface area contributed by atoms with Gasteiger partial charge in [0.1, 0.15) is 0 Å². The van der Waals surface area contributed by atoms with Crippen LogP contribution in [0.5, 0.6) is 0 Å². The van der Waals surface area contributed by atoms with Crippen LogP contribution in [0.25, 0.3) is 0 Å². The van der Waals surface area contributed by atoms with E-state index in [1.54, 1.807) is 0 Å². The Morgan fingerprint density at radius 3 is 1.62 bits per heavy atom. The Kier molecular flexibility index (Phi) is 11.4. The molecule has 1 rings (SSSR count). The molecule has 24 heavy (non-hydrogen) atoms. The van der Waals surface area contributed by atoms with E-state index in [1.807, 2.05) is 4.90 Å². The van der Waals surface area contributed by atoms with Gasteiger partial charge in [0.25, 0.3) is 0 Å². The minimum absolute atomic E-state index is 0.891. The quantitative estimate of drug-likeness (QED) is 0.598. The maximum atomic E-state index is 8.09. The zero-order valence-corrected chi connectivity index (χ0v) is 15.4. The normalized spacial score (nSPS) is 15.8. The van der Waals surface area contributed by atoms with Crippen LogP contribution < -0.4 is 4.90 Å². The summed E-state index contributed by atoms with van der Waals surface area (Å²) in [5.74, 6) is 6.27. The summed E-state index contributed by atoms with van der Waals surface area (Å²) in [7, 11) is 0. The molecule has 5 nitrogen and oxygen atoms in total. The molecule has 130 valence electrons. The second-order valence-electron chi connectivity index (χ2n) is 7.18. The van der Waals surface area contributed by atoms with Crippen LogP contribution in [-0.2, 0) is 0 Å². The highest BCUT2D eigenvalue weighted by atomic mass is 15.1. The first-order valence-corrected chi connectivity index (χ1v) is 9.09. The number of nitrogens with one attached hydrogen (secondary N) is 1. The Morgan fingerprint density at radius 1 is 0.792 bits per heavy atom. The van der Waals surface area contributed by atoms with Crippen molar-refractivity contribution < 1.29 is 4.90 Å². The zero-order chi connectivity index (χ0) is 18.4. The van der Waals surface area contributed by atoms with Gasteiger partial charge >= 0.3 is 6.15 Å². The summed E-state index contributed by atoms with van der Waals surface area (Å²) in [5.41, 5.74) is 0. The molecule has 1 aliphatic rings. The van der Waals surface area contributed by atoms with E-state index in [1.165, 1.54) is 81.9 Å². The fraction of sp³-hybridized carbons (Fsp3) is 0.778. The predicted octanol–water partition coefficient (Wildman–Crippen LogP) is 2.35. The molecule has 1 unspecified atom stereocenters. The maximum absolute atomic E-state index is 8.09. The van der Waals surface area contributed by atoms with Crippen molar-refractivity contribution in [2.75, 3.05) is 13.1 Å². The van der Waals surface area contributed by atoms with Crippen LogP contribution in [0.2, 0.25) is 0 Å². The van der Waals surface area contributed by atoms with Gasteiger partial charge in [0.05, 0.1) is 19.1 Å². The maximum Gasteiger partial charge on any atom is 0.383 e. The average molecular weight is 327 g/mol. The van der Waals surface area contributed by atoms with Gasteiger partial charge in [-0.1, -0.05) is 26.7 Å². The van der Waals surface area contributed by atoms with Gasteiger partial charge in [0, 0.05) is 0 Å². The number of nitriles is 4. The standard InChI is InChI=1S/C14H29N.C4BN4/c1-13(2)9-5-6-10-14(3)15-11-7-4-8-12-15;6-1-5(2-7,3-8)4-9/h13-14H,4-12H2,1-3H3;/q;-1/p+1. The molecule has 0 aromatic heterocycles. The molecule has 1 N–H and O–H groups in total. The predicted molar refractivity (Wildman–Crippen MR) is 95.5 cm³/mol. The van der Waals surface area contributed by atoms with Crippen LogP contribution in [0.15, 0.2) is 0 Å². The topological polar surface area (TPSA) is 99.6 Å². The summed E-state index contributed by atoms with van der Waals surface area (Å²) < 4.78 is 0. The fourth-order valence-electron chi connectivity index (χ4n) is 2.88. The Balaban J connectivity index is 0.000000506. The number of hydrogen-bond acceptors (Lipinski definition) is 4. The molecule has 1 aliphatic heterocycles. The van der Waals surface area contributed by atoms with E-state index in [0.29, 0.717) is 0 Å². The third-order valence-corrected chi connectivity index (χ3v) is 4.64. The molecule has 0 aliphatic carbocycles. The van der Waals surface area contributed by atoms with Gasteiger partial charge in [-0.05, 0) is 44.9 Å². The van der Waals surface area contributed by atoms with Crippen molar-refractivity contribution in [3.8, 4) is 23.9 Å². The highest BCUT2D eigenvalue weighted by Gasteiger charge is 2.22. The smallest absolute Gasteiger partial charge is 0.333 e. The van der Waals surface area contributed by atoms with Gasteiger partial charge in [-0.3, -0.25) is 0 Å². The molecule has 1 saturated heterocycles. The molecule has 1 atom stereocenters. The molecule has 6 heteroatoms. The van der Waals surface area contributed by atoms with Crippen LogP contribution in [0.4, 0.5) is 0 Å². The van der Waals surface area contributed by atoms with E-state index >= 15 is 0 Å². The largest absolute Gasteiger partial charge is 0.383 e. The third kappa shape index (κ3) is 8.57. The van der Waals surface area contributed by atoms with Crippen molar-refractivity contribution in [3.63, 3.8) is 0 Å². The number of rotatable bonds is 6. The van der Waals surface area contributed by atoms with Crippen molar-refractivity contribution in [1.29, 1.82) is 21.0 Å². The summed E-state index contributed by atoms with van der Waals surface area (Å²) >= 11 is 0.